The Hall–Kier alpha value is -3.02. The minimum atomic E-state index is -1.77. The molecule has 0 amide bonds. The van der Waals surface area contributed by atoms with Crippen molar-refractivity contribution in [3.05, 3.63) is 72.4 Å². The molecule has 1 nitrogen and oxygen atoms in total. The quantitative estimate of drug-likeness (QED) is 0.109. The number of hydrogen-bond donors (Lipinski definition) is 0. The van der Waals surface area contributed by atoms with E-state index >= 15 is 0 Å². The van der Waals surface area contributed by atoms with Crippen LogP contribution in [0.3, 0.4) is 0 Å². The molecule has 34 heavy (non-hydrogen) atoms. The van der Waals surface area contributed by atoms with Crippen LogP contribution in [0, 0.1) is 11.5 Å². The van der Waals surface area contributed by atoms with Crippen LogP contribution in [-0.2, 0) is 7.05 Å². The second-order valence-corrected chi connectivity index (χ2v) is 16.4. The second-order valence-electron chi connectivity index (χ2n) is 10.8. The van der Waals surface area contributed by atoms with Gasteiger partial charge >= 0.3 is 0 Å². The highest BCUT2D eigenvalue weighted by atomic mass is 28.3. The predicted octanol–water partition coefficient (Wildman–Crippen LogP) is 9.21. The van der Waals surface area contributed by atoms with Gasteiger partial charge in [-0.25, -0.2) is 0 Å². The lowest BCUT2D eigenvalue weighted by atomic mass is 9.97. The number of aromatic nitrogens is 1. The summed E-state index contributed by atoms with van der Waals surface area (Å²) in [5.74, 6) is 3.69. The molecule has 172 valence electrons. The Morgan fingerprint density at radius 3 is 1.85 bits per heavy atom. The van der Waals surface area contributed by atoms with E-state index in [1.807, 2.05) is 0 Å². The Balaban J connectivity index is 1.74. The first-order valence-electron chi connectivity index (χ1n) is 12.6. The van der Waals surface area contributed by atoms with Crippen molar-refractivity contribution in [2.75, 3.05) is 0 Å². The largest absolute Gasteiger partial charge is 0.337 e. The minimum Gasteiger partial charge on any atom is -0.337 e. The zero-order valence-corrected chi connectivity index (χ0v) is 22.5. The Morgan fingerprint density at radius 1 is 0.618 bits per heavy atom. The number of hydrogen-bond acceptors (Lipinski definition) is 0. The van der Waals surface area contributed by atoms with Crippen molar-refractivity contribution in [3.8, 4) is 11.5 Å². The molecular weight excluding hydrogens is 426 g/mol. The van der Waals surface area contributed by atoms with Crippen molar-refractivity contribution >= 4 is 51.3 Å². The molecule has 0 aliphatic carbocycles. The molecule has 5 rings (SSSR count). The molecule has 0 N–H and O–H groups in total. The normalized spacial score (nSPS) is 12.5. The van der Waals surface area contributed by atoms with Gasteiger partial charge < -0.3 is 4.57 Å². The smallest absolute Gasteiger partial charge is 0.146 e. The molecule has 2 heteroatoms. The summed E-state index contributed by atoms with van der Waals surface area (Å²) in [5, 5.41) is 9.07. The van der Waals surface area contributed by atoms with Gasteiger partial charge in [0.25, 0.3) is 0 Å². The number of rotatable bonds is 3. The molecule has 0 spiro atoms. The van der Waals surface area contributed by atoms with Crippen LogP contribution in [0.25, 0.3) is 43.2 Å². The summed E-state index contributed by atoms with van der Waals surface area (Å²) in [4.78, 5) is 0. The molecule has 0 fully saturated rings. The summed E-state index contributed by atoms with van der Waals surface area (Å²) in [6, 6.07) is 24.7. The van der Waals surface area contributed by atoms with E-state index < -0.39 is 8.07 Å². The molecule has 0 radical (unpaired) electrons. The summed E-state index contributed by atoms with van der Waals surface area (Å²) in [5.41, 5.74) is 8.23. The number of nitrogens with zero attached hydrogens (tertiary/aromatic N) is 1. The monoisotopic (exact) mass is 461 g/mol. The Morgan fingerprint density at radius 2 is 1.21 bits per heavy atom. The third kappa shape index (κ3) is 3.37. The van der Waals surface area contributed by atoms with Gasteiger partial charge in [-0.05, 0) is 61.8 Å². The lowest BCUT2D eigenvalue weighted by molar-refractivity contribution is 0.838. The number of aryl methyl sites for hydroxylation is 1. The molecule has 0 saturated heterocycles. The molecule has 0 aliphatic heterocycles. The molecule has 0 unspecified atom stereocenters. The highest BCUT2D eigenvalue weighted by Gasteiger charge is 2.41. The lowest BCUT2D eigenvalue weighted by Crippen LogP contribution is -2.43. The van der Waals surface area contributed by atoms with E-state index in [2.05, 4.69) is 131 Å². The average Bonchev–Trinajstić information content (AvgIpc) is 3.13. The van der Waals surface area contributed by atoms with Crippen molar-refractivity contribution in [1.29, 1.82) is 0 Å². The van der Waals surface area contributed by atoms with Crippen molar-refractivity contribution in [2.24, 2.45) is 7.05 Å². The maximum absolute atomic E-state index is 3.92. The topological polar surface area (TPSA) is 4.93 Å². The van der Waals surface area contributed by atoms with Gasteiger partial charge in [0.15, 0.2) is 0 Å². The second kappa shape index (κ2) is 8.33. The van der Waals surface area contributed by atoms with E-state index in [4.69, 9.17) is 0 Å². The van der Waals surface area contributed by atoms with Crippen molar-refractivity contribution < 1.29 is 0 Å². The molecule has 0 saturated carbocycles. The van der Waals surface area contributed by atoms with Gasteiger partial charge in [0, 0.05) is 17.8 Å². The van der Waals surface area contributed by atoms with Crippen LogP contribution in [0.2, 0.25) is 16.6 Å². The maximum Gasteiger partial charge on any atom is 0.146 e. The van der Waals surface area contributed by atoms with Gasteiger partial charge in [0.05, 0.1) is 11.2 Å². The summed E-state index contributed by atoms with van der Waals surface area (Å²) in [7, 11) is 0.408. The molecule has 1 heterocycles. The summed E-state index contributed by atoms with van der Waals surface area (Å²) in [6.45, 7) is 14.3. The van der Waals surface area contributed by atoms with E-state index in [9.17, 15) is 0 Å². The SMILES string of the molecule is CC(C)[Si](C#Cc1cc2ccc3c4cc5ccccc5cc4ccc3c2n1C)(C(C)C)C(C)C. The first-order valence-corrected chi connectivity index (χ1v) is 14.8. The van der Waals surface area contributed by atoms with Gasteiger partial charge in [-0.15, -0.1) is 5.54 Å². The zero-order chi connectivity index (χ0) is 24.2. The highest BCUT2D eigenvalue weighted by molar-refractivity contribution is 6.90. The third-order valence-electron chi connectivity index (χ3n) is 8.15. The Labute approximate surface area is 204 Å². The summed E-state index contributed by atoms with van der Waals surface area (Å²) >= 11 is 0. The van der Waals surface area contributed by atoms with Crippen LogP contribution < -0.4 is 0 Å². The predicted molar refractivity (Wildman–Crippen MR) is 153 cm³/mol. The Kier molecular flexibility index (Phi) is 5.57. The van der Waals surface area contributed by atoms with Gasteiger partial charge in [0.2, 0.25) is 0 Å². The fourth-order valence-electron chi connectivity index (χ4n) is 6.41. The minimum absolute atomic E-state index is 0.636. The van der Waals surface area contributed by atoms with E-state index in [1.54, 1.807) is 0 Å². The number of benzene rings is 4. The van der Waals surface area contributed by atoms with Gasteiger partial charge in [-0.1, -0.05) is 96.0 Å². The van der Waals surface area contributed by atoms with Gasteiger partial charge in [-0.2, -0.15) is 0 Å². The maximum atomic E-state index is 3.92. The lowest BCUT2D eigenvalue weighted by Gasteiger charge is -2.38. The molecule has 0 bridgehead atoms. The van der Waals surface area contributed by atoms with Crippen molar-refractivity contribution in [1.82, 2.24) is 4.57 Å². The standard InChI is InChI=1S/C32H35NSi/c1-21(2)34(22(3)4,23(5)6)17-16-28-19-27-13-14-29-30(32(27)33(28)7)15-12-26-18-24-10-8-9-11-25(24)20-31(26)29/h8-15,18-23H,1-7H3. The molecule has 0 aliphatic rings. The molecule has 0 atom stereocenters. The van der Waals surface area contributed by atoms with Gasteiger partial charge in [0.1, 0.15) is 8.07 Å². The molecule has 5 aromatic rings. The average molecular weight is 462 g/mol. The van der Waals surface area contributed by atoms with Crippen molar-refractivity contribution in [3.63, 3.8) is 0 Å². The highest BCUT2D eigenvalue weighted by Crippen LogP contribution is 2.41. The first kappa shape index (κ1) is 22.8. The first-order chi connectivity index (χ1) is 16.2. The van der Waals surface area contributed by atoms with Crippen LogP contribution in [0.5, 0.6) is 0 Å². The molecular formula is C32H35NSi. The third-order valence-corrected chi connectivity index (χ3v) is 14.4. The summed E-state index contributed by atoms with van der Waals surface area (Å²) < 4.78 is 2.32. The van der Waals surface area contributed by atoms with Crippen LogP contribution in [0.1, 0.15) is 47.2 Å². The summed E-state index contributed by atoms with van der Waals surface area (Å²) in [6.07, 6.45) is 0. The van der Waals surface area contributed by atoms with E-state index in [0.717, 1.165) is 5.69 Å². The number of fused-ring (bicyclic) bond motifs is 6. The zero-order valence-electron chi connectivity index (χ0n) is 21.5. The van der Waals surface area contributed by atoms with Gasteiger partial charge in [-0.3, -0.25) is 0 Å². The Bertz CT molecular complexity index is 1580. The van der Waals surface area contributed by atoms with Crippen LogP contribution >= 0.6 is 0 Å². The fourth-order valence-corrected chi connectivity index (χ4v) is 11.6. The molecule has 4 aromatic carbocycles. The van der Waals surface area contributed by atoms with E-state index in [-0.39, 0.29) is 0 Å². The van der Waals surface area contributed by atoms with Crippen LogP contribution in [0.4, 0.5) is 0 Å². The fraction of sp³-hybridized carbons (Fsp3) is 0.312. The molecule has 1 aromatic heterocycles. The van der Waals surface area contributed by atoms with E-state index in [0.29, 0.717) is 16.6 Å². The van der Waals surface area contributed by atoms with Crippen LogP contribution in [-0.4, -0.2) is 12.6 Å². The van der Waals surface area contributed by atoms with Crippen molar-refractivity contribution in [2.45, 2.75) is 58.2 Å². The van der Waals surface area contributed by atoms with E-state index in [1.165, 1.54) is 43.2 Å². The van der Waals surface area contributed by atoms with Crippen LogP contribution in [0.15, 0.2) is 66.7 Å².